The Kier molecular flexibility index (Phi) is 3.17. The van der Waals surface area contributed by atoms with Gasteiger partial charge in [-0.3, -0.25) is 0 Å². The van der Waals surface area contributed by atoms with Crippen LogP contribution in [0.2, 0.25) is 0 Å². The number of aromatic nitrogens is 2. The summed E-state index contributed by atoms with van der Waals surface area (Å²) in [5, 5.41) is 9.15. The molecule has 1 atom stereocenters. The van der Waals surface area contributed by atoms with Crippen molar-refractivity contribution in [3.8, 4) is 0 Å². The Morgan fingerprint density at radius 3 is 2.82 bits per heavy atom. The molecular formula is C13H19N3O. The quantitative estimate of drug-likeness (QED) is 0.842. The summed E-state index contributed by atoms with van der Waals surface area (Å²) >= 11 is 0. The van der Waals surface area contributed by atoms with Gasteiger partial charge >= 0.3 is 0 Å². The molecule has 4 heteroatoms. The number of aliphatic hydroxyl groups excluding tert-OH is 1. The molecule has 0 radical (unpaired) electrons. The van der Waals surface area contributed by atoms with Crippen molar-refractivity contribution < 1.29 is 5.11 Å². The number of hydrogen-bond acceptors (Lipinski definition) is 3. The minimum absolute atomic E-state index is 0.0624. The van der Waals surface area contributed by atoms with E-state index >= 15 is 0 Å². The van der Waals surface area contributed by atoms with E-state index in [1.807, 2.05) is 48.8 Å². The number of imidazole rings is 1. The molecule has 0 aliphatic rings. The first-order valence-electron chi connectivity index (χ1n) is 5.86. The molecule has 0 aliphatic heterocycles. The summed E-state index contributed by atoms with van der Waals surface area (Å²) in [7, 11) is 0. The second-order valence-corrected chi connectivity index (χ2v) is 5.02. The van der Waals surface area contributed by atoms with Gasteiger partial charge in [0.05, 0.1) is 5.69 Å². The lowest BCUT2D eigenvalue weighted by molar-refractivity contribution is 0.248. The molecule has 2 aromatic heterocycles. The standard InChI is InChI=1S/C13H19N3O/c1-13(2,14)10(6-8-17)11-9-16-7-4-3-5-12(16)15-11/h3-5,7,9-10,17H,6,8,14H2,1-2H3. The van der Waals surface area contributed by atoms with Gasteiger partial charge in [0, 0.05) is 30.5 Å². The number of pyridine rings is 1. The Morgan fingerprint density at radius 2 is 2.24 bits per heavy atom. The number of nitrogens with two attached hydrogens (primary N) is 1. The van der Waals surface area contributed by atoms with Gasteiger partial charge in [0.25, 0.3) is 0 Å². The lowest BCUT2D eigenvalue weighted by Gasteiger charge is -2.28. The molecule has 2 heterocycles. The first-order chi connectivity index (χ1) is 8.02. The van der Waals surface area contributed by atoms with Crippen LogP contribution in [0.5, 0.6) is 0 Å². The van der Waals surface area contributed by atoms with Gasteiger partial charge in [0.15, 0.2) is 0 Å². The van der Waals surface area contributed by atoms with Crippen LogP contribution in [0.3, 0.4) is 0 Å². The van der Waals surface area contributed by atoms with Gasteiger partial charge in [-0.05, 0) is 32.4 Å². The monoisotopic (exact) mass is 233 g/mol. The average molecular weight is 233 g/mol. The molecule has 17 heavy (non-hydrogen) atoms. The van der Waals surface area contributed by atoms with Crippen molar-refractivity contribution >= 4 is 5.65 Å². The van der Waals surface area contributed by atoms with E-state index in [1.54, 1.807) is 0 Å². The van der Waals surface area contributed by atoms with Gasteiger partial charge in [-0.25, -0.2) is 4.98 Å². The number of rotatable bonds is 4. The third-order valence-electron chi connectivity index (χ3n) is 3.06. The summed E-state index contributed by atoms with van der Waals surface area (Å²) in [6, 6.07) is 5.89. The smallest absolute Gasteiger partial charge is 0.136 e. The van der Waals surface area contributed by atoms with E-state index in [0.29, 0.717) is 6.42 Å². The highest BCUT2D eigenvalue weighted by molar-refractivity contribution is 5.40. The number of nitrogens with zero attached hydrogens (tertiary/aromatic N) is 2. The van der Waals surface area contributed by atoms with E-state index in [9.17, 15) is 0 Å². The molecule has 0 aromatic carbocycles. The van der Waals surface area contributed by atoms with Gasteiger partial charge in [-0.1, -0.05) is 6.07 Å². The van der Waals surface area contributed by atoms with Crippen LogP contribution in [0.1, 0.15) is 31.9 Å². The predicted octanol–water partition coefficient (Wildman–Crippen LogP) is 1.54. The van der Waals surface area contributed by atoms with Crippen molar-refractivity contribution in [3.05, 3.63) is 36.3 Å². The van der Waals surface area contributed by atoms with Crippen LogP contribution in [-0.4, -0.2) is 26.6 Å². The van der Waals surface area contributed by atoms with Crippen LogP contribution in [0.4, 0.5) is 0 Å². The molecule has 92 valence electrons. The van der Waals surface area contributed by atoms with Crippen LogP contribution in [-0.2, 0) is 0 Å². The lowest BCUT2D eigenvalue weighted by atomic mass is 9.84. The normalized spacial score (nSPS) is 14.1. The molecular weight excluding hydrogens is 214 g/mol. The highest BCUT2D eigenvalue weighted by atomic mass is 16.3. The van der Waals surface area contributed by atoms with E-state index in [2.05, 4.69) is 4.98 Å². The Balaban J connectivity index is 2.42. The topological polar surface area (TPSA) is 63.5 Å². The van der Waals surface area contributed by atoms with E-state index < -0.39 is 0 Å². The fourth-order valence-corrected chi connectivity index (χ4v) is 2.15. The number of aliphatic hydroxyl groups is 1. The molecule has 0 bridgehead atoms. The Labute approximate surface area is 101 Å². The summed E-state index contributed by atoms with van der Waals surface area (Å²) in [4.78, 5) is 4.57. The van der Waals surface area contributed by atoms with Crippen molar-refractivity contribution in [2.24, 2.45) is 5.73 Å². The molecule has 0 spiro atoms. The summed E-state index contributed by atoms with van der Waals surface area (Å²) in [5.74, 6) is 0.0624. The molecule has 0 saturated heterocycles. The van der Waals surface area contributed by atoms with Crippen LogP contribution in [0.15, 0.2) is 30.6 Å². The first-order valence-corrected chi connectivity index (χ1v) is 5.86. The SMILES string of the molecule is CC(C)(N)C(CCO)c1cn2ccccc2n1. The van der Waals surface area contributed by atoms with Gasteiger partial charge in [0.1, 0.15) is 5.65 Å². The largest absolute Gasteiger partial charge is 0.396 e. The second-order valence-electron chi connectivity index (χ2n) is 5.02. The molecule has 1 unspecified atom stereocenters. The maximum Gasteiger partial charge on any atom is 0.136 e. The first kappa shape index (κ1) is 12.1. The average Bonchev–Trinajstić information content (AvgIpc) is 2.67. The zero-order chi connectivity index (χ0) is 12.5. The molecule has 4 nitrogen and oxygen atoms in total. The van der Waals surface area contributed by atoms with E-state index in [0.717, 1.165) is 11.3 Å². The van der Waals surface area contributed by atoms with Gasteiger partial charge < -0.3 is 15.2 Å². The fraction of sp³-hybridized carbons (Fsp3) is 0.462. The summed E-state index contributed by atoms with van der Waals surface area (Å²) < 4.78 is 1.98. The Bertz CT molecular complexity index is 466. The molecule has 2 aromatic rings. The third kappa shape index (κ3) is 2.48. The maximum atomic E-state index is 9.15. The van der Waals surface area contributed by atoms with Crippen LogP contribution in [0, 0.1) is 0 Å². The van der Waals surface area contributed by atoms with E-state index in [-0.39, 0.29) is 18.1 Å². The third-order valence-corrected chi connectivity index (χ3v) is 3.06. The van der Waals surface area contributed by atoms with Crippen molar-refractivity contribution in [3.63, 3.8) is 0 Å². The van der Waals surface area contributed by atoms with Gasteiger partial charge in [-0.2, -0.15) is 0 Å². The van der Waals surface area contributed by atoms with E-state index in [4.69, 9.17) is 10.8 Å². The van der Waals surface area contributed by atoms with Crippen molar-refractivity contribution in [2.45, 2.75) is 31.7 Å². The van der Waals surface area contributed by atoms with E-state index in [1.165, 1.54) is 0 Å². The highest BCUT2D eigenvalue weighted by Gasteiger charge is 2.28. The fourth-order valence-electron chi connectivity index (χ4n) is 2.15. The zero-order valence-electron chi connectivity index (χ0n) is 10.3. The predicted molar refractivity (Wildman–Crippen MR) is 67.9 cm³/mol. The lowest BCUT2D eigenvalue weighted by Crippen LogP contribution is -2.40. The molecule has 0 aliphatic carbocycles. The zero-order valence-corrected chi connectivity index (χ0v) is 10.3. The number of fused-ring (bicyclic) bond motifs is 1. The van der Waals surface area contributed by atoms with Crippen LogP contribution >= 0.6 is 0 Å². The summed E-state index contributed by atoms with van der Waals surface area (Å²) in [5.41, 5.74) is 7.63. The van der Waals surface area contributed by atoms with Crippen molar-refractivity contribution in [2.75, 3.05) is 6.61 Å². The minimum Gasteiger partial charge on any atom is -0.396 e. The van der Waals surface area contributed by atoms with Gasteiger partial charge in [-0.15, -0.1) is 0 Å². The summed E-state index contributed by atoms with van der Waals surface area (Å²) in [6.45, 7) is 4.06. The molecule has 3 N–H and O–H groups in total. The molecule has 2 rings (SSSR count). The number of hydrogen-bond donors (Lipinski definition) is 2. The Hall–Kier alpha value is -1.39. The van der Waals surface area contributed by atoms with Crippen molar-refractivity contribution in [1.29, 1.82) is 0 Å². The molecule has 0 fully saturated rings. The minimum atomic E-state index is -0.388. The summed E-state index contributed by atoms with van der Waals surface area (Å²) in [6.07, 6.45) is 4.59. The second kappa shape index (κ2) is 4.47. The van der Waals surface area contributed by atoms with Gasteiger partial charge in [0.2, 0.25) is 0 Å². The highest BCUT2D eigenvalue weighted by Crippen LogP contribution is 2.28. The maximum absolute atomic E-state index is 9.15. The Morgan fingerprint density at radius 1 is 1.47 bits per heavy atom. The van der Waals surface area contributed by atoms with Crippen LogP contribution in [0.25, 0.3) is 5.65 Å². The molecule has 0 amide bonds. The van der Waals surface area contributed by atoms with Crippen LogP contribution < -0.4 is 5.73 Å². The molecule has 0 saturated carbocycles. The van der Waals surface area contributed by atoms with Crippen molar-refractivity contribution in [1.82, 2.24) is 9.38 Å².